The van der Waals surface area contributed by atoms with E-state index in [0.717, 1.165) is 11.1 Å². The molecule has 0 radical (unpaired) electrons. The van der Waals surface area contributed by atoms with Gasteiger partial charge < -0.3 is 25.2 Å². The summed E-state index contributed by atoms with van der Waals surface area (Å²) in [6.07, 6.45) is -6.31. The molecular weight excluding hydrogens is 350 g/mol. The zero-order valence-corrected chi connectivity index (χ0v) is 14.8. The van der Waals surface area contributed by atoms with E-state index in [1.807, 2.05) is 60.7 Å². The fourth-order valence-corrected chi connectivity index (χ4v) is 3.02. The molecule has 3 rings (SSSR count). The van der Waals surface area contributed by atoms with Gasteiger partial charge in [-0.15, -0.1) is 0 Å². The van der Waals surface area contributed by atoms with Crippen molar-refractivity contribution in [2.45, 2.75) is 43.8 Å². The second-order valence-corrected chi connectivity index (χ2v) is 6.54. The van der Waals surface area contributed by atoms with Crippen molar-refractivity contribution in [2.24, 2.45) is 0 Å². The lowest BCUT2D eigenvalue weighted by Gasteiger charge is -2.43. The molecule has 0 bridgehead atoms. The van der Waals surface area contributed by atoms with Crippen molar-refractivity contribution in [3.63, 3.8) is 0 Å². The predicted molar refractivity (Wildman–Crippen MR) is 97.0 cm³/mol. The Morgan fingerprint density at radius 2 is 1.41 bits per heavy atom. The van der Waals surface area contributed by atoms with Crippen LogP contribution in [-0.4, -0.2) is 62.7 Å². The van der Waals surface area contributed by atoms with Crippen molar-refractivity contribution < 1.29 is 30.0 Å². The van der Waals surface area contributed by atoms with E-state index >= 15 is 0 Å². The first-order valence-electron chi connectivity index (χ1n) is 8.88. The standard InChI is InChI=1S/C20H25NO6/c22-12-16-17(23)18(24)19(25)20(27-16)21(11-14-7-3-1-4-8-14)26-13-15-9-5-2-6-10-15/h1-10,16-20,22-25H,11-13H2/t16-,17-,18+,19-,20-/m1/s1. The van der Waals surface area contributed by atoms with Crippen LogP contribution < -0.4 is 0 Å². The van der Waals surface area contributed by atoms with Crippen LogP contribution in [0.15, 0.2) is 60.7 Å². The molecule has 1 fully saturated rings. The fraction of sp³-hybridized carbons (Fsp3) is 0.400. The van der Waals surface area contributed by atoms with E-state index in [-0.39, 0.29) is 13.2 Å². The topological polar surface area (TPSA) is 103 Å². The van der Waals surface area contributed by atoms with Crippen LogP contribution in [0.2, 0.25) is 0 Å². The third kappa shape index (κ3) is 4.91. The summed E-state index contributed by atoms with van der Waals surface area (Å²) in [5, 5.41) is 41.4. The molecule has 1 heterocycles. The Labute approximate surface area is 158 Å². The molecule has 5 atom stereocenters. The Morgan fingerprint density at radius 1 is 0.815 bits per heavy atom. The van der Waals surface area contributed by atoms with Crippen molar-refractivity contribution in [1.82, 2.24) is 5.06 Å². The van der Waals surface area contributed by atoms with Crippen LogP contribution >= 0.6 is 0 Å². The lowest BCUT2D eigenvalue weighted by atomic mass is 9.98. The lowest BCUT2D eigenvalue weighted by molar-refractivity contribution is -0.342. The van der Waals surface area contributed by atoms with Gasteiger partial charge in [-0.3, -0.25) is 4.84 Å². The summed E-state index contributed by atoms with van der Waals surface area (Å²) < 4.78 is 5.64. The van der Waals surface area contributed by atoms with E-state index in [0.29, 0.717) is 0 Å². The average Bonchev–Trinajstić information content (AvgIpc) is 2.71. The molecule has 0 spiro atoms. The van der Waals surface area contributed by atoms with Crippen molar-refractivity contribution in [3.05, 3.63) is 71.8 Å². The van der Waals surface area contributed by atoms with Gasteiger partial charge in [0, 0.05) is 0 Å². The van der Waals surface area contributed by atoms with Crippen LogP contribution in [0.1, 0.15) is 11.1 Å². The van der Waals surface area contributed by atoms with E-state index in [1.54, 1.807) is 0 Å². The third-order valence-electron chi connectivity index (χ3n) is 4.57. The van der Waals surface area contributed by atoms with Crippen molar-refractivity contribution in [2.75, 3.05) is 6.61 Å². The Hall–Kier alpha value is -1.84. The van der Waals surface area contributed by atoms with Gasteiger partial charge in [0.1, 0.15) is 24.4 Å². The number of hydroxylamine groups is 2. The molecule has 0 aromatic heterocycles. The highest BCUT2D eigenvalue weighted by Crippen LogP contribution is 2.25. The number of nitrogens with zero attached hydrogens (tertiary/aromatic N) is 1. The molecule has 0 unspecified atom stereocenters. The Balaban J connectivity index is 1.79. The van der Waals surface area contributed by atoms with Gasteiger partial charge in [0.25, 0.3) is 0 Å². The summed E-state index contributed by atoms with van der Waals surface area (Å²) in [5.41, 5.74) is 1.85. The summed E-state index contributed by atoms with van der Waals surface area (Å²) in [6.45, 7) is 0.0400. The molecule has 0 saturated carbocycles. The van der Waals surface area contributed by atoms with Crippen LogP contribution in [0.25, 0.3) is 0 Å². The minimum atomic E-state index is -1.46. The van der Waals surface area contributed by atoms with Gasteiger partial charge >= 0.3 is 0 Å². The SMILES string of the molecule is OC[C@H]1O[C@@H](N(Cc2ccccc2)OCc2ccccc2)[C@H](O)[C@@H](O)[C@@H]1O. The monoisotopic (exact) mass is 375 g/mol. The molecule has 4 N–H and O–H groups in total. The maximum Gasteiger partial charge on any atom is 0.162 e. The first kappa shape index (κ1) is 19.9. The minimum absolute atomic E-state index is 0.239. The molecule has 2 aromatic rings. The Morgan fingerprint density at radius 3 is 2.00 bits per heavy atom. The first-order valence-corrected chi connectivity index (χ1v) is 8.88. The van der Waals surface area contributed by atoms with Gasteiger partial charge in [-0.25, -0.2) is 0 Å². The highest BCUT2D eigenvalue weighted by atomic mass is 16.7. The van der Waals surface area contributed by atoms with Crippen LogP contribution in [0.3, 0.4) is 0 Å². The Bertz CT molecular complexity index is 683. The van der Waals surface area contributed by atoms with E-state index in [4.69, 9.17) is 9.57 Å². The minimum Gasteiger partial charge on any atom is -0.394 e. The maximum absolute atomic E-state index is 10.4. The van der Waals surface area contributed by atoms with Gasteiger partial charge in [-0.1, -0.05) is 60.7 Å². The fourth-order valence-electron chi connectivity index (χ4n) is 3.02. The zero-order valence-electron chi connectivity index (χ0n) is 14.8. The molecule has 1 saturated heterocycles. The third-order valence-corrected chi connectivity index (χ3v) is 4.57. The highest BCUT2D eigenvalue weighted by molar-refractivity contribution is 5.15. The number of ether oxygens (including phenoxy) is 1. The molecule has 146 valence electrons. The predicted octanol–water partition coefficient (Wildman–Crippen LogP) is 0.420. The first-order chi connectivity index (χ1) is 13.1. The highest BCUT2D eigenvalue weighted by Gasteiger charge is 2.46. The Kier molecular flexibility index (Phi) is 6.92. The van der Waals surface area contributed by atoms with Crippen molar-refractivity contribution in [3.8, 4) is 0 Å². The van der Waals surface area contributed by atoms with Crippen LogP contribution in [0, 0.1) is 0 Å². The van der Waals surface area contributed by atoms with Gasteiger partial charge in [-0.2, -0.15) is 5.06 Å². The van der Waals surface area contributed by atoms with Gasteiger partial charge in [0.2, 0.25) is 0 Å². The van der Waals surface area contributed by atoms with Crippen LogP contribution in [0.5, 0.6) is 0 Å². The van der Waals surface area contributed by atoms with E-state index in [9.17, 15) is 20.4 Å². The number of rotatable bonds is 7. The molecule has 1 aliphatic heterocycles. The summed E-state index contributed by atoms with van der Waals surface area (Å²) in [4.78, 5) is 5.89. The molecule has 27 heavy (non-hydrogen) atoms. The van der Waals surface area contributed by atoms with E-state index in [1.165, 1.54) is 5.06 Å². The molecular formula is C20H25NO6. The number of benzene rings is 2. The second-order valence-electron chi connectivity index (χ2n) is 6.54. The number of aliphatic hydroxyl groups excluding tert-OH is 4. The largest absolute Gasteiger partial charge is 0.394 e. The van der Waals surface area contributed by atoms with Crippen LogP contribution in [-0.2, 0) is 22.7 Å². The average molecular weight is 375 g/mol. The summed E-state index contributed by atoms with van der Waals surface area (Å²) in [7, 11) is 0. The molecule has 0 amide bonds. The van der Waals surface area contributed by atoms with Crippen molar-refractivity contribution in [1.29, 1.82) is 0 Å². The maximum atomic E-state index is 10.4. The van der Waals surface area contributed by atoms with Gasteiger partial charge in [0.05, 0.1) is 19.8 Å². The summed E-state index contributed by atoms with van der Waals surface area (Å²) in [5.74, 6) is 0. The molecule has 7 nitrogen and oxygen atoms in total. The number of hydrogen-bond acceptors (Lipinski definition) is 7. The lowest BCUT2D eigenvalue weighted by Crippen LogP contribution is -2.62. The van der Waals surface area contributed by atoms with E-state index < -0.39 is 37.3 Å². The number of hydrogen-bond donors (Lipinski definition) is 4. The van der Waals surface area contributed by atoms with Gasteiger partial charge in [-0.05, 0) is 11.1 Å². The molecule has 7 heteroatoms. The smallest absolute Gasteiger partial charge is 0.162 e. The van der Waals surface area contributed by atoms with Gasteiger partial charge in [0.15, 0.2) is 6.23 Å². The van der Waals surface area contributed by atoms with Crippen molar-refractivity contribution >= 4 is 0 Å². The summed E-state index contributed by atoms with van der Waals surface area (Å²) >= 11 is 0. The molecule has 1 aliphatic rings. The zero-order chi connectivity index (χ0) is 19.2. The quantitative estimate of drug-likeness (QED) is 0.520. The number of aliphatic hydroxyl groups is 4. The van der Waals surface area contributed by atoms with Crippen LogP contribution in [0.4, 0.5) is 0 Å². The molecule has 0 aliphatic carbocycles. The summed E-state index contributed by atoms with van der Waals surface area (Å²) in [6, 6.07) is 19.0. The second kappa shape index (κ2) is 9.38. The molecule has 2 aromatic carbocycles. The van der Waals surface area contributed by atoms with E-state index in [2.05, 4.69) is 0 Å². The normalized spacial score (nSPS) is 28.4.